The molecule has 0 saturated heterocycles. The molecule has 1 atom stereocenters. The molecule has 7 nitrogen and oxygen atoms in total. The number of rotatable bonds is 6. The van der Waals surface area contributed by atoms with Gasteiger partial charge in [0.15, 0.2) is 0 Å². The number of benzene rings is 2. The lowest BCUT2D eigenvalue weighted by molar-refractivity contribution is 0.0582. The number of hydrogen-bond acceptors (Lipinski definition) is 7. The van der Waals surface area contributed by atoms with E-state index in [9.17, 15) is 14.3 Å². The lowest BCUT2D eigenvalue weighted by atomic mass is 10.1. The summed E-state index contributed by atoms with van der Waals surface area (Å²) in [4.78, 5) is 19.9. The topological polar surface area (TPSA) is 102 Å². The number of hydrogen-bond donors (Lipinski definition) is 2. The molecule has 0 bridgehead atoms. The van der Waals surface area contributed by atoms with Crippen LogP contribution in [0.15, 0.2) is 54.6 Å². The molecule has 2 N–H and O–H groups in total. The molecule has 8 heteroatoms. The summed E-state index contributed by atoms with van der Waals surface area (Å²) >= 11 is 0. The number of aromatic nitrogens is 2. The number of esters is 1. The van der Waals surface area contributed by atoms with Crippen LogP contribution in [-0.2, 0) is 4.74 Å². The first-order valence-electron chi connectivity index (χ1n) is 8.30. The first-order valence-corrected chi connectivity index (χ1v) is 8.30. The summed E-state index contributed by atoms with van der Waals surface area (Å²) in [7, 11) is 1.20. The predicted octanol–water partition coefficient (Wildman–Crippen LogP) is 2.89. The van der Waals surface area contributed by atoms with Crippen molar-refractivity contribution in [3.63, 3.8) is 0 Å². The van der Waals surface area contributed by atoms with E-state index in [4.69, 9.17) is 9.84 Å². The lowest BCUT2D eigenvalue weighted by Gasteiger charge is -2.11. The van der Waals surface area contributed by atoms with Crippen LogP contribution in [0, 0.1) is 5.82 Å². The summed E-state index contributed by atoms with van der Waals surface area (Å²) in [5.41, 5.74) is 1.09. The van der Waals surface area contributed by atoms with Gasteiger partial charge in [-0.15, -0.1) is 0 Å². The van der Waals surface area contributed by atoms with Gasteiger partial charge in [-0.05, 0) is 54.6 Å². The molecule has 144 valence electrons. The summed E-state index contributed by atoms with van der Waals surface area (Å²) in [6.45, 7) is -0.554. The van der Waals surface area contributed by atoms with E-state index >= 15 is 0 Å². The molecule has 28 heavy (non-hydrogen) atoms. The quantitative estimate of drug-likeness (QED) is 0.630. The van der Waals surface area contributed by atoms with E-state index in [1.54, 1.807) is 24.3 Å². The summed E-state index contributed by atoms with van der Waals surface area (Å²) in [6, 6.07) is 13.9. The molecular formula is C20H17FN2O5. The molecule has 0 spiro atoms. The summed E-state index contributed by atoms with van der Waals surface area (Å²) in [5.74, 6) is -0.335. The van der Waals surface area contributed by atoms with Crippen molar-refractivity contribution in [1.82, 2.24) is 9.97 Å². The van der Waals surface area contributed by atoms with Crippen molar-refractivity contribution in [3.8, 4) is 22.8 Å². The number of aliphatic hydroxyl groups is 2. The first kappa shape index (κ1) is 19.4. The molecule has 0 fully saturated rings. The molecule has 0 amide bonds. The second kappa shape index (κ2) is 8.55. The highest BCUT2D eigenvalue weighted by Crippen LogP contribution is 2.26. The average molecular weight is 384 g/mol. The Morgan fingerprint density at radius 1 is 1.07 bits per heavy atom. The zero-order valence-electron chi connectivity index (χ0n) is 14.9. The maximum absolute atomic E-state index is 13.0. The van der Waals surface area contributed by atoms with E-state index in [-0.39, 0.29) is 17.3 Å². The van der Waals surface area contributed by atoms with Gasteiger partial charge in [0.2, 0.25) is 5.82 Å². The second-order valence-corrected chi connectivity index (χ2v) is 5.77. The second-order valence-electron chi connectivity index (χ2n) is 5.77. The van der Waals surface area contributed by atoms with Crippen LogP contribution in [0.1, 0.15) is 22.4 Å². The Morgan fingerprint density at radius 2 is 1.68 bits per heavy atom. The number of nitrogens with zero attached hydrogens (tertiary/aromatic N) is 2. The highest BCUT2D eigenvalue weighted by Gasteiger charge is 2.17. The van der Waals surface area contributed by atoms with Crippen LogP contribution >= 0.6 is 0 Å². The van der Waals surface area contributed by atoms with Crippen molar-refractivity contribution in [3.05, 3.63) is 71.9 Å². The van der Waals surface area contributed by atoms with E-state index in [0.29, 0.717) is 22.8 Å². The van der Waals surface area contributed by atoms with E-state index in [1.807, 2.05) is 0 Å². The van der Waals surface area contributed by atoms with Crippen molar-refractivity contribution in [1.29, 1.82) is 0 Å². The zero-order valence-corrected chi connectivity index (χ0v) is 14.9. The van der Waals surface area contributed by atoms with Gasteiger partial charge in [0, 0.05) is 5.56 Å². The van der Waals surface area contributed by atoms with Crippen molar-refractivity contribution in [2.24, 2.45) is 0 Å². The van der Waals surface area contributed by atoms with E-state index < -0.39 is 18.7 Å². The van der Waals surface area contributed by atoms with Gasteiger partial charge in [0.25, 0.3) is 0 Å². The standard InChI is InChI=1S/C20H17FN2O5/c1-27-20(26)19-22-16(10-17(23-19)18(25)11-24)12-2-6-14(7-3-12)28-15-8-4-13(21)5-9-15/h2-10,18,24-25H,11H2,1H3/t18-/m0/s1. The van der Waals surface area contributed by atoms with Gasteiger partial charge in [-0.1, -0.05) is 0 Å². The van der Waals surface area contributed by atoms with Crippen LogP contribution in [0.5, 0.6) is 11.5 Å². The van der Waals surface area contributed by atoms with Gasteiger partial charge in [-0.2, -0.15) is 0 Å². The number of carbonyl (C=O) groups is 1. The Kier molecular flexibility index (Phi) is 5.93. The number of aliphatic hydroxyl groups excluding tert-OH is 2. The van der Waals surface area contributed by atoms with Gasteiger partial charge in [0.05, 0.1) is 25.1 Å². The van der Waals surface area contributed by atoms with Crippen LogP contribution in [0.4, 0.5) is 4.39 Å². The highest BCUT2D eigenvalue weighted by molar-refractivity contribution is 5.85. The maximum Gasteiger partial charge on any atom is 0.376 e. The van der Waals surface area contributed by atoms with Crippen molar-refractivity contribution in [2.75, 3.05) is 13.7 Å². The number of methoxy groups -OCH3 is 1. The minimum atomic E-state index is -1.26. The van der Waals surface area contributed by atoms with Gasteiger partial charge in [-0.3, -0.25) is 0 Å². The normalized spacial score (nSPS) is 11.7. The lowest BCUT2D eigenvalue weighted by Crippen LogP contribution is -2.13. The van der Waals surface area contributed by atoms with Crippen molar-refractivity contribution in [2.45, 2.75) is 6.10 Å². The third-order valence-corrected chi connectivity index (χ3v) is 3.83. The Labute approximate surface area is 160 Å². The maximum atomic E-state index is 13.0. The van der Waals surface area contributed by atoms with Crippen LogP contribution in [-0.4, -0.2) is 39.9 Å². The van der Waals surface area contributed by atoms with E-state index in [2.05, 4.69) is 14.7 Å². The van der Waals surface area contributed by atoms with Crippen LogP contribution < -0.4 is 4.74 Å². The van der Waals surface area contributed by atoms with Gasteiger partial charge in [0.1, 0.15) is 23.4 Å². The zero-order chi connectivity index (χ0) is 20.1. The molecule has 3 rings (SSSR count). The number of ether oxygens (including phenoxy) is 2. The smallest absolute Gasteiger partial charge is 0.376 e. The molecule has 1 heterocycles. The van der Waals surface area contributed by atoms with Crippen LogP contribution in [0.25, 0.3) is 11.3 Å². The average Bonchev–Trinajstić information content (AvgIpc) is 2.74. The molecule has 0 saturated carbocycles. The molecular weight excluding hydrogens is 367 g/mol. The van der Waals surface area contributed by atoms with Crippen LogP contribution in [0.2, 0.25) is 0 Å². The fourth-order valence-corrected chi connectivity index (χ4v) is 2.39. The predicted molar refractivity (Wildman–Crippen MR) is 97.3 cm³/mol. The minimum absolute atomic E-state index is 0.0968. The Morgan fingerprint density at radius 3 is 2.25 bits per heavy atom. The van der Waals surface area contributed by atoms with Gasteiger partial charge >= 0.3 is 5.97 Å². The van der Waals surface area contributed by atoms with E-state index in [1.165, 1.54) is 37.4 Å². The summed E-state index contributed by atoms with van der Waals surface area (Å²) < 4.78 is 23.2. The number of halogens is 1. The molecule has 1 aromatic heterocycles. The largest absolute Gasteiger partial charge is 0.463 e. The third kappa shape index (κ3) is 4.48. The molecule has 3 aromatic rings. The van der Waals surface area contributed by atoms with Gasteiger partial charge < -0.3 is 19.7 Å². The minimum Gasteiger partial charge on any atom is -0.463 e. The SMILES string of the molecule is COC(=O)c1nc(-c2ccc(Oc3ccc(F)cc3)cc2)cc([C@@H](O)CO)n1. The fraction of sp³-hybridized carbons (Fsp3) is 0.150. The molecule has 0 aliphatic carbocycles. The fourth-order valence-electron chi connectivity index (χ4n) is 2.39. The molecule has 0 unspecified atom stereocenters. The van der Waals surface area contributed by atoms with Crippen LogP contribution in [0.3, 0.4) is 0 Å². The molecule has 0 aliphatic rings. The van der Waals surface area contributed by atoms with Gasteiger partial charge in [-0.25, -0.2) is 19.2 Å². The highest BCUT2D eigenvalue weighted by atomic mass is 19.1. The van der Waals surface area contributed by atoms with E-state index in [0.717, 1.165) is 0 Å². The number of carbonyl (C=O) groups excluding carboxylic acids is 1. The van der Waals surface area contributed by atoms with Crippen molar-refractivity contribution < 1.29 is 28.9 Å². The Balaban J connectivity index is 1.89. The van der Waals surface area contributed by atoms with Crippen molar-refractivity contribution >= 4 is 5.97 Å². The Hall–Kier alpha value is -3.36. The molecule has 0 aliphatic heterocycles. The Bertz CT molecular complexity index is 961. The first-order chi connectivity index (χ1) is 13.5. The molecule has 0 radical (unpaired) electrons. The summed E-state index contributed by atoms with van der Waals surface area (Å²) in [6.07, 6.45) is -1.26. The summed E-state index contributed by atoms with van der Waals surface area (Å²) in [5, 5.41) is 19.0. The molecule has 2 aromatic carbocycles. The monoisotopic (exact) mass is 384 g/mol. The third-order valence-electron chi connectivity index (χ3n) is 3.83.